The summed E-state index contributed by atoms with van der Waals surface area (Å²) < 4.78 is 18.8. The number of rotatable bonds is 19. The van der Waals surface area contributed by atoms with Gasteiger partial charge in [-0.2, -0.15) is 11.8 Å². The molecule has 0 aliphatic heterocycles. The van der Waals surface area contributed by atoms with Crippen molar-refractivity contribution in [1.82, 2.24) is 15.6 Å². The Morgan fingerprint density at radius 3 is 2.33 bits per heavy atom. The van der Waals surface area contributed by atoms with Crippen molar-refractivity contribution in [1.29, 1.82) is 0 Å². The zero-order valence-electron chi connectivity index (χ0n) is 24.3. The lowest BCUT2D eigenvalue weighted by molar-refractivity contribution is -0.166. The van der Waals surface area contributed by atoms with Crippen molar-refractivity contribution < 1.29 is 28.3 Å². The molecule has 0 saturated carbocycles. The average molecular weight is 658 g/mol. The third kappa shape index (κ3) is 10.7. The summed E-state index contributed by atoms with van der Waals surface area (Å²) in [4.78, 5) is 52.4. The van der Waals surface area contributed by atoms with Crippen LogP contribution in [0.4, 0.5) is 4.39 Å². The van der Waals surface area contributed by atoms with E-state index in [1.165, 1.54) is 36.0 Å². The van der Waals surface area contributed by atoms with E-state index in [9.17, 15) is 23.6 Å². The fraction of sp³-hybridized carbons (Fsp3) is 0.467. The Hall–Kier alpha value is -2.86. The van der Waals surface area contributed by atoms with Gasteiger partial charge in [0.2, 0.25) is 12.3 Å². The highest BCUT2D eigenvalue weighted by atomic mass is 35.5. The minimum absolute atomic E-state index is 0.0225. The normalized spacial score (nSPS) is 13.7. The van der Waals surface area contributed by atoms with Gasteiger partial charge in [-0.05, 0) is 67.0 Å². The molecule has 2 aromatic rings. The maximum atomic E-state index is 14.1. The van der Waals surface area contributed by atoms with Crippen LogP contribution in [-0.4, -0.2) is 77.2 Å². The van der Waals surface area contributed by atoms with Gasteiger partial charge in [0.05, 0.1) is 6.61 Å². The summed E-state index contributed by atoms with van der Waals surface area (Å²) in [5.74, 6) is 4.85. The zero-order valence-corrected chi connectivity index (χ0v) is 26.7. The van der Waals surface area contributed by atoms with Crippen LogP contribution in [0.1, 0.15) is 36.5 Å². The molecule has 0 radical (unpaired) electrons. The van der Waals surface area contributed by atoms with E-state index in [4.69, 9.17) is 33.8 Å². The summed E-state index contributed by atoms with van der Waals surface area (Å²) in [6, 6.07) is 10.6. The highest BCUT2D eigenvalue weighted by molar-refractivity contribution is 7.98. The average Bonchev–Trinajstić information content (AvgIpc) is 2.99. The summed E-state index contributed by atoms with van der Waals surface area (Å²) in [6.45, 7) is 1.72. The molecule has 2 aromatic carbocycles. The van der Waals surface area contributed by atoms with Crippen molar-refractivity contribution >= 4 is 59.2 Å². The van der Waals surface area contributed by atoms with Crippen molar-refractivity contribution in [3.8, 4) is 0 Å². The number of hydrazine groups is 1. The minimum atomic E-state index is -1.57. The fourth-order valence-corrected chi connectivity index (χ4v) is 5.71. The molecule has 0 fully saturated rings. The van der Waals surface area contributed by atoms with Gasteiger partial charge in [0.25, 0.3) is 5.91 Å². The number of carbonyl (C=O) groups is 4. The van der Waals surface area contributed by atoms with Gasteiger partial charge in [0.15, 0.2) is 5.54 Å². The van der Waals surface area contributed by atoms with Crippen LogP contribution in [0.3, 0.4) is 0 Å². The highest BCUT2D eigenvalue weighted by Gasteiger charge is 2.47. The van der Waals surface area contributed by atoms with Crippen molar-refractivity contribution in [3.63, 3.8) is 0 Å². The molecule has 0 spiro atoms. The summed E-state index contributed by atoms with van der Waals surface area (Å²) in [5, 5.41) is 6.05. The molecule has 3 amide bonds. The SMILES string of the molecule is CCOC(=O)[C@](CCCl)(CCSC)N(N)C(=O)[C@H](Cc1cccc(CCCl)c1)NC(=O)[C@H](Cc1ccc(F)cc1)NC=O. The molecule has 43 heavy (non-hydrogen) atoms. The number of benzene rings is 2. The number of halogens is 3. The number of esters is 1. The monoisotopic (exact) mass is 656 g/mol. The van der Waals surface area contributed by atoms with E-state index < -0.39 is 41.2 Å². The second-order valence-corrected chi connectivity index (χ2v) is 11.6. The maximum absolute atomic E-state index is 14.1. The van der Waals surface area contributed by atoms with E-state index in [-0.39, 0.29) is 38.2 Å². The van der Waals surface area contributed by atoms with Gasteiger partial charge in [-0.1, -0.05) is 36.4 Å². The van der Waals surface area contributed by atoms with Crippen LogP contribution in [0.25, 0.3) is 0 Å². The van der Waals surface area contributed by atoms with E-state index in [1.807, 2.05) is 24.5 Å². The molecule has 0 bridgehead atoms. The number of amides is 3. The third-order valence-corrected chi connectivity index (χ3v) is 7.94. The third-order valence-electron chi connectivity index (χ3n) is 6.95. The Morgan fingerprint density at radius 1 is 1.05 bits per heavy atom. The molecule has 236 valence electrons. The quantitative estimate of drug-likeness (QED) is 0.0528. The molecule has 0 aliphatic carbocycles. The van der Waals surface area contributed by atoms with Gasteiger partial charge in [-0.25, -0.2) is 15.0 Å². The number of nitrogens with zero attached hydrogens (tertiary/aromatic N) is 1. The molecule has 9 nitrogen and oxygen atoms in total. The highest BCUT2D eigenvalue weighted by Crippen LogP contribution is 2.28. The molecule has 0 unspecified atom stereocenters. The molecule has 0 aromatic heterocycles. The molecule has 0 aliphatic rings. The predicted octanol–water partition coefficient (Wildman–Crippen LogP) is 3.38. The van der Waals surface area contributed by atoms with Gasteiger partial charge in [-0.15, -0.1) is 23.2 Å². The van der Waals surface area contributed by atoms with Gasteiger partial charge < -0.3 is 15.4 Å². The number of aryl methyl sites for hydroxylation is 1. The van der Waals surface area contributed by atoms with Crippen molar-refractivity contribution in [2.75, 3.05) is 30.4 Å². The van der Waals surface area contributed by atoms with Crippen LogP contribution in [0.2, 0.25) is 0 Å². The topological polar surface area (TPSA) is 131 Å². The Bertz CT molecular complexity index is 1210. The number of alkyl halides is 2. The number of ether oxygens (including phenoxy) is 1. The first kappa shape index (κ1) is 36.3. The number of nitrogens with one attached hydrogen (secondary N) is 2. The van der Waals surface area contributed by atoms with E-state index in [2.05, 4.69) is 10.6 Å². The molecule has 2 rings (SSSR count). The van der Waals surface area contributed by atoms with Crippen LogP contribution in [0.5, 0.6) is 0 Å². The number of carbonyl (C=O) groups excluding carboxylic acids is 4. The molecule has 3 atom stereocenters. The standard InChI is InChI=1S/C30H39Cl2FN4O5S/c1-3-42-29(41)30(12-15-32,13-16-43-2)37(34)28(40)26(19-23-6-4-5-21(17-23)11-14-31)36-27(39)25(35-20-38)18-22-7-9-24(33)10-8-22/h4-10,17,20,25-26H,3,11-16,18-19,34H2,1-2H3,(H,35,38)(H,36,39)/t25-,26-,30-/m0/s1. The van der Waals surface area contributed by atoms with Crippen molar-refractivity contribution in [3.05, 3.63) is 71.0 Å². The molecule has 0 heterocycles. The molecular weight excluding hydrogens is 618 g/mol. The Morgan fingerprint density at radius 2 is 1.72 bits per heavy atom. The molecule has 13 heteroatoms. The Kier molecular flexibility index (Phi) is 15.8. The van der Waals surface area contributed by atoms with E-state index in [0.717, 1.165) is 16.1 Å². The largest absolute Gasteiger partial charge is 0.464 e. The smallest absolute Gasteiger partial charge is 0.333 e. The van der Waals surface area contributed by atoms with E-state index in [1.54, 1.807) is 13.0 Å². The number of hydrogen-bond acceptors (Lipinski definition) is 7. The first-order chi connectivity index (χ1) is 20.6. The summed E-state index contributed by atoms with van der Waals surface area (Å²) in [6.07, 6.45) is 3.11. The van der Waals surface area contributed by atoms with Gasteiger partial charge in [0.1, 0.15) is 17.9 Å². The first-order valence-corrected chi connectivity index (χ1v) is 16.3. The van der Waals surface area contributed by atoms with Gasteiger partial charge in [-0.3, -0.25) is 19.4 Å². The second kappa shape index (κ2) is 18.7. The number of thioether (sulfide) groups is 1. The Balaban J connectivity index is 2.49. The van der Waals surface area contributed by atoms with Crippen LogP contribution in [0, 0.1) is 5.82 Å². The number of nitrogens with two attached hydrogens (primary N) is 1. The van der Waals surface area contributed by atoms with Crippen LogP contribution in [-0.2, 0) is 43.2 Å². The fourth-order valence-electron chi connectivity index (χ4n) is 4.63. The van der Waals surface area contributed by atoms with E-state index >= 15 is 0 Å². The van der Waals surface area contributed by atoms with Crippen molar-refractivity contribution in [2.45, 2.75) is 56.7 Å². The Labute approximate surface area is 266 Å². The van der Waals surface area contributed by atoms with Crippen LogP contribution >= 0.6 is 35.0 Å². The van der Waals surface area contributed by atoms with Crippen LogP contribution < -0.4 is 16.5 Å². The minimum Gasteiger partial charge on any atom is -0.464 e. The second-order valence-electron chi connectivity index (χ2n) is 9.83. The maximum Gasteiger partial charge on any atom is 0.333 e. The lowest BCUT2D eigenvalue weighted by atomic mass is 9.90. The summed E-state index contributed by atoms with van der Waals surface area (Å²) in [7, 11) is 0. The predicted molar refractivity (Wildman–Crippen MR) is 168 cm³/mol. The van der Waals surface area contributed by atoms with Crippen LogP contribution in [0.15, 0.2) is 48.5 Å². The molecular formula is C30H39Cl2FN4O5S. The summed E-state index contributed by atoms with van der Waals surface area (Å²) in [5.41, 5.74) is 0.676. The first-order valence-electron chi connectivity index (χ1n) is 13.8. The molecule has 4 N–H and O–H groups in total. The summed E-state index contributed by atoms with van der Waals surface area (Å²) >= 11 is 13.5. The number of hydrogen-bond donors (Lipinski definition) is 3. The lowest BCUT2D eigenvalue weighted by Crippen LogP contribution is -2.66. The van der Waals surface area contributed by atoms with E-state index in [0.29, 0.717) is 30.0 Å². The lowest BCUT2D eigenvalue weighted by Gasteiger charge is -2.40. The zero-order chi connectivity index (χ0) is 31.8. The molecule has 0 saturated heterocycles. The van der Waals surface area contributed by atoms with Gasteiger partial charge in [0, 0.05) is 24.6 Å². The van der Waals surface area contributed by atoms with Crippen molar-refractivity contribution in [2.24, 2.45) is 5.84 Å². The van der Waals surface area contributed by atoms with Gasteiger partial charge >= 0.3 is 5.97 Å².